The van der Waals surface area contributed by atoms with Crippen molar-refractivity contribution in [2.24, 2.45) is 5.41 Å². The number of nitrogens with one attached hydrogen (secondary N) is 1. The summed E-state index contributed by atoms with van der Waals surface area (Å²) in [6, 6.07) is 4.83. The average Bonchev–Trinajstić information content (AvgIpc) is 2.92. The molecule has 0 bridgehead atoms. The Hall–Kier alpha value is -2.44. The number of carbonyl (C=O) groups is 2. The van der Waals surface area contributed by atoms with Crippen LogP contribution >= 0.6 is 0 Å². The Kier molecular flexibility index (Phi) is 5.21. The Balaban J connectivity index is 2.15. The lowest BCUT2D eigenvalue weighted by Gasteiger charge is -2.22. The van der Waals surface area contributed by atoms with Crippen LogP contribution in [0.4, 0.5) is 10.5 Å². The van der Waals surface area contributed by atoms with Crippen LogP contribution in [-0.4, -0.2) is 48.3 Å². The van der Waals surface area contributed by atoms with Crippen LogP contribution in [0.1, 0.15) is 27.2 Å². The van der Waals surface area contributed by atoms with Gasteiger partial charge in [0.15, 0.2) is 0 Å². The Morgan fingerprint density at radius 1 is 1.38 bits per heavy atom. The Bertz CT molecular complexity index is 631. The minimum atomic E-state index is -0.900. The predicted molar refractivity (Wildman–Crippen MR) is 89.7 cm³/mol. The maximum absolute atomic E-state index is 12.5. The van der Waals surface area contributed by atoms with Gasteiger partial charge in [-0.3, -0.25) is 4.79 Å². The number of methoxy groups -OCH3 is 1. The number of anilines is 1. The lowest BCUT2D eigenvalue weighted by Crippen LogP contribution is -2.37. The maximum atomic E-state index is 12.5. The van der Waals surface area contributed by atoms with E-state index in [-0.39, 0.29) is 18.7 Å². The van der Waals surface area contributed by atoms with Gasteiger partial charge in [0.1, 0.15) is 11.5 Å². The van der Waals surface area contributed by atoms with E-state index >= 15 is 0 Å². The summed E-state index contributed by atoms with van der Waals surface area (Å²) in [5.41, 5.74) is -0.403. The van der Waals surface area contributed by atoms with Crippen molar-refractivity contribution in [3.63, 3.8) is 0 Å². The smallest absolute Gasteiger partial charge is 0.321 e. The molecule has 1 unspecified atom stereocenters. The molecule has 1 heterocycles. The Morgan fingerprint density at radius 2 is 2.08 bits per heavy atom. The molecule has 1 aliphatic rings. The van der Waals surface area contributed by atoms with E-state index in [1.54, 1.807) is 32.2 Å². The van der Waals surface area contributed by atoms with Crippen molar-refractivity contribution in [1.29, 1.82) is 0 Å². The van der Waals surface area contributed by atoms with Gasteiger partial charge in [-0.2, -0.15) is 0 Å². The molecule has 1 saturated heterocycles. The third-order valence-corrected chi connectivity index (χ3v) is 4.07. The van der Waals surface area contributed by atoms with Gasteiger partial charge in [-0.05, 0) is 39.3 Å². The van der Waals surface area contributed by atoms with Crippen molar-refractivity contribution in [2.45, 2.75) is 33.3 Å². The van der Waals surface area contributed by atoms with Crippen molar-refractivity contribution in [3.8, 4) is 11.5 Å². The monoisotopic (exact) mass is 336 g/mol. The van der Waals surface area contributed by atoms with Gasteiger partial charge in [0, 0.05) is 19.2 Å². The number of carboxylic acid groups (broad SMARTS) is 1. The fraction of sp³-hybridized carbons (Fsp3) is 0.529. The molecule has 7 heteroatoms. The molecule has 1 aromatic carbocycles. The first-order chi connectivity index (χ1) is 11.2. The van der Waals surface area contributed by atoms with Gasteiger partial charge in [0.2, 0.25) is 0 Å². The maximum Gasteiger partial charge on any atom is 0.321 e. The number of rotatable bonds is 5. The largest absolute Gasteiger partial charge is 0.497 e. The number of nitrogens with zero attached hydrogens (tertiary/aromatic N) is 1. The summed E-state index contributed by atoms with van der Waals surface area (Å²) in [6.45, 7) is 6.03. The number of benzene rings is 1. The average molecular weight is 336 g/mol. The number of hydrogen-bond acceptors (Lipinski definition) is 4. The molecule has 1 aromatic rings. The molecular weight excluding hydrogens is 312 g/mol. The van der Waals surface area contributed by atoms with Crippen molar-refractivity contribution in [1.82, 2.24) is 4.90 Å². The topological polar surface area (TPSA) is 88.1 Å². The number of amides is 2. The zero-order valence-corrected chi connectivity index (χ0v) is 14.5. The number of likely N-dealkylation sites (tertiary alicyclic amines) is 1. The number of hydrogen-bond donors (Lipinski definition) is 2. The minimum Gasteiger partial charge on any atom is -0.497 e. The third-order valence-electron chi connectivity index (χ3n) is 4.07. The van der Waals surface area contributed by atoms with Gasteiger partial charge in [-0.25, -0.2) is 4.79 Å². The Morgan fingerprint density at radius 3 is 2.62 bits per heavy atom. The van der Waals surface area contributed by atoms with Crippen LogP contribution in [0.5, 0.6) is 11.5 Å². The number of carbonyl (C=O) groups excluding carboxylic acids is 1. The number of carboxylic acids is 1. The molecule has 1 fully saturated rings. The van der Waals surface area contributed by atoms with E-state index in [4.69, 9.17) is 9.47 Å². The van der Waals surface area contributed by atoms with Crippen molar-refractivity contribution >= 4 is 17.7 Å². The lowest BCUT2D eigenvalue weighted by atomic mass is 9.90. The predicted octanol–water partition coefficient (Wildman–Crippen LogP) is 2.81. The molecule has 0 aromatic heterocycles. The molecule has 2 amide bonds. The molecule has 0 saturated carbocycles. The van der Waals surface area contributed by atoms with Gasteiger partial charge in [-0.15, -0.1) is 0 Å². The molecule has 1 atom stereocenters. The first kappa shape index (κ1) is 17.9. The summed E-state index contributed by atoms with van der Waals surface area (Å²) < 4.78 is 10.9. The summed E-state index contributed by atoms with van der Waals surface area (Å²) in [4.78, 5) is 25.3. The van der Waals surface area contributed by atoms with Gasteiger partial charge >= 0.3 is 12.0 Å². The molecule has 0 spiro atoms. The molecule has 2 N–H and O–H groups in total. The van der Waals surface area contributed by atoms with E-state index in [0.29, 0.717) is 30.2 Å². The van der Waals surface area contributed by atoms with Crippen LogP contribution in [0.15, 0.2) is 18.2 Å². The van der Waals surface area contributed by atoms with E-state index in [0.717, 1.165) is 0 Å². The minimum absolute atomic E-state index is 0.0452. The summed E-state index contributed by atoms with van der Waals surface area (Å²) in [5, 5.41) is 12.1. The highest BCUT2D eigenvalue weighted by atomic mass is 16.5. The summed E-state index contributed by atoms with van der Waals surface area (Å²) in [6.07, 6.45) is 0.389. The number of aliphatic carboxylic acids is 1. The molecule has 1 aliphatic heterocycles. The van der Waals surface area contributed by atoms with Crippen molar-refractivity contribution in [2.75, 3.05) is 25.5 Å². The second-order valence-electron chi connectivity index (χ2n) is 6.50. The van der Waals surface area contributed by atoms with Gasteiger partial charge in [-0.1, -0.05) is 0 Å². The van der Waals surface area contributed by atoms with Crippen LogP contribution in [0, 0.1) is 5.41 Å². The quantitative estimate of drug-likeness (QED) is 0.863. The summed E-state index contributed by atoms with van der Waals surface area (Å²) >= 11 is 0. The van der Waals surface area contributed by atoms with E-state index in [2.05, 4.69) is 5.32 Å². The molecule has 2 rings (SSSR count). The zero-order valence-electron chi connectivity index (χ0n) is 14.5. The van der Waals surface area contributed by atoms with Crippen LogP contribution in [0.3, 0.4) is 0 Å². The van der Waals surface area contributed by atoms with E-state index in [1.165, 1.54) is 4.90 Å². The summed E-state index contributed by atoms with van der Waals surface area (Å²) in [5.74, 6) is 0.251. The van der Waals surface area contributed by atoms with E-state index in [9.17, 15) is 14.7 Å². The van der Waals surface area contributed by atoms with Crippen molar-refractivity contribution in [3.05, 3.63) is 18.2 Å². The molecule has 0 aliphatic carbocycles. The normalized spacial score (nSPS) is 20.1. The van der Waals surface area contributed by atoms with E-state index in [1.807, 2.05) is 13.8 Å². The van der Waals surface area contributed by atoms with Crippen molar-refractivity contribution < 1.29 is 24.2 Å². The number of ether oxygens (including phenoxy) is 2. The molecule has 132 valence electrons. The molecule has 0 radical (unpaired) electrons. The lowest BCUT2D eigenvalue weighted by molar-refractivity contribution is -0.146. The standard InChI is InChI=1S/C17H24N2O5/c1-11(2)24-14-6-5-12(23-4)9-13(14)18-16(22)19-8-7-17(3,10-19)15(20)21/h5-6,9,11H,7-8,10H2,1-4H3,(H,18,22)(H,20,21). The van der Waals surface area contributed by atoms with Gasteiger partial charge < -0.3 is 24.8 Å². The first-order valence-corrected chi connectivity index (χ1v) is 7.89. The van der Waals surface area contributed by atoms with E-state index < -0.39 is 11.4 Å². The fourth-order valence-electron chi connectivity index (χ4n) is 2.59. The second-order valence-corrected chi connectivity index (χ2v) is 6.50. The SMILES string of the molecule is COc1ccc(OC(C)C)c(NC(=O)N2CCC(C)(C(=O)O)C2)c1. The van der Waals surface area contributed by atoms with Crippen LogP contribution in [0.2, 0.25) is 0 Å². The molecule has 24 heavy (non-hydrogen) atoms. The van der Waals surface area contributed by atoms with Crippen LogP contribution < -0.4 is 14.8 Å². The highest BCUT2D eigenvalue weighted by molar-refractivity contribution is 5.92. The van der Waals surface area contributed by atoms with Crippen LogP contribution in [0.25, 0.3) is 0 Å². The summed E-state index contributed by atoms with van der Waals surface area (Å²) in [7, 11) is 1.54. The highest BCUT2D eigenvalue weighted by Crippen LogP contribution is 2.33. The Labute approximate surface area is 141 Å². The molecular formula is C17H24N2O5. The van der Waals surface area contributed by atoms with Crippen LogP contribution in [-0.2, 0) is 4.79 Å². The van der Waals surface area contributed by atoms with Gasteiger partial charge in [0.25, 0.3) is 0 Å². The number of urea groups is 1. The van der Waals surface area contributed by atoms with Gasteiger partial charge in [0.05, 0.1) is 24.3 Å². The fourth-order valence-corrected chi connectivity index (χ4v) is 2.59. The zero-order chi connectivity index (χ0) is 17.9. The second kappa shape index (κ2) is 6.98. The molecule has 7 nitrogen and oxygen atoms in total. The first-order valence-electron chi connectivity index (χ1n) is 7.89. The third kappa shape index (κ3) is 3.90. The highest BCUT2D eigenvalue weighted by Gasteiger charge is 2.42.